The fourth-order valence-corrected chi connectivity index (χ4v) is 3.54. The molecule has 9 heteroatoms. The molecular weight excluding hydrogens is 350 g/mol. The van der Waals surface area contributed by atoms with Crippen molar-refractivity contribution in [2.24, 2.45) is 0 Å². The normalized spacial score (nSPS) is 16.3. The number of aromatic nitrogens is 3. The van der Waals surface area contributed by atoms with Crippen molar-refractivity contribution in [1.29, 1.82) is 0 Å². The lowest BCUT2D eigenvalue weighted by Crippen LogP contribution is -2.56. The highest BCUT2D eigenvalue weighted by atomic mass is 16.5. The average molecular weight is 375 g/mol. The number of methoxy groups -OCH3 is 1. The van der Waals surface area contributed by atoms with E-state index in [0.717, 1.165) is 0 Å². The molecule has 1 aliphatic heterocycles. The molecule has 2 amide bonds. The zero-order valence-corrected chi connectivity index (χ0v) is 15.9. The monoisotopic (exact) mass is 375 g/mol. The first kappa shape index (κ1) is 19.1. The van der Waals surface area contributed by atoms with E-state index in [2.05, 4.69) is 15.6 Å². The Labute approximate surface area is 157 Å². The molecule has 0 spiro atoms. The summed E-state index contributed by atoms with van der Waals surface area (Å²) < 4.78 is 11.8. The number of nitrogens with zero attached hydrogens (tertiary/aromatic N) is 4. The maximum absolute atomic E-state index is 13.0. The smallest absolute Gasteiger partial charge is 0.259 e. The van der Waals surface area contributed by atoms with Gasteiger partial charge in [-0.3, -0.25) is 14.3 Å². The molecule has 3 heterocycles. The van der Waals surface area contributed by atoms with Gasteiger partial charge in [0.25, 0.3) is 5.91 Å². The van der Waals surface area contributed by atoms with E-state index >= 15 is 0 Å². The molecule has 0 radical (unpaired) electrons. The number of likely N-dealkylation sites (tertiary alicyclic amines) is 1. The molecule has 2 aromatic heterocycles. The van der Waals surface area contributed by atoms with Crippen LogP contribution in [0.2, 0.25) is 0 Å². The van der Waals surface area contributed by atoms with Crippen LogP contribution in [0.4, 0.5) is 0 Å². The summed E-state index contributed by atoms with van der Waals surface area (Å²) in [6, 6.07) is 1.80. The number of ether oxygens (including phenoxy) is 1. The van der Waals surface area contributed by atoms with Crippen molar-refractivity contribution in [3.8, 4) is 0 Å². The third kappa shape index (κ3) is 3.59. The molecule has 146 valence electrons. The molecular formula is C18H25N5O4. The summed E-state index contributed by atoms with van der Waals surface area (Å²) in [6.07, 6.45) is 4.40. The molecule has 0 aliphatic carbocycles. The van der Waals surface area contributed by atoms with Gasteiger partial charge in [-0.25, -0.2) is 0 Å². The van der Waals surface area contributed by atoms with Gasteiger partial charge in [0.15, 0.2) is 0 Å². The summed E-state index contributed by atoms with van der Waals surface area (Å²) in [4.78, 5) is 27.6. The first-order valence-electron chi connectivity index (χ1n) is 8.99. The van der Waals surface area contributed by atoms with Crippen molar-refractivity contribution in [2.45, 2.75) is 32.2 Å². The lowest BCUT2D eigenvalue weighted by Gasteiger charge is -2.40. The summed E-state index contributed by atoms with van der Waals surface area (Å²) >= 11 is 0. The molecule has 27 heavy (non-hydrogen) atoms. The van der Waals surface area contributed by atoms with Crippen LogP contribution < -0.4 is 5.32 Å². The summed E-state index contributed by atoms with van der Waals surface area (Å²) in [5.74, 6) is 0.298. The molecule has 0 bridgehead atoms. The van der Waals surface area contributed by atoms with Crippen LogP contribution in [-0.4, -0.2) is 65.0 Å². The van der Waals surface area contributed by atoms with Gasteiger partial charge in [-0.1, -0.05) is 5.16 Å². The zero-order chi connectivity index (χ0) is 19.4. The third-order valence-electron chi connectivity index (χ3n) is 5.08. The van der Waals surface area contributed by atoms with Crippen LogP contribution >= 0.6 is 0 Å². The fraction of sp³-hybridized carbons (Fsp3) is 0.556. The zero-order valence-electron chi connectivity index (χ0n) is 15.9. The van der Waals surface area contributed by atoms with Crippen LogP contribution in [-0.2, 0) is 15.1 Å². The van der Waals surface area contributed by atoms with Crippen LogP contribution in [0.3, 0.4) is 0 Å². The van der Waals surface area contributed by atoms with E-state index in [0.29, 0.717) is 56.1 Å². The van der Waals surface area contributed by atoms with E-state index in [4.69, 9.17) is 9.26 Å². The number of rotatable bonds is 6. The van der Waals surface area contributed by atoms with Gasteiger partial charge in [-0.2, -0.15) is 5.10 Å². The number of aryl methyl sites for hydroxylation is 2. The Hall–Kier alpha value is -2.68. The van der Waals surface area contributed by atoms with E-state index < -0.39 is 5.54 Å². The largest absolute Gasteiger partial charge is 0.383 e. The number of carbonyl (C=O) groups excluding carboxylic acids is 2. The van der Waals surface area contributed by atoms with Crippen molar-refractivity contribution in [3.05, 3.63) is 35.5 Å². The highest BCUT2D eigenvalue weighted by Gasteiger charge is 2.44. The second-order valence-corrected chi connectivity index (χ2v) is 6.72. The Bertz CT molecular complexity index is 771. The van der Waals surface area contributed by atoms with Crippen LogP contribution in [0.1, 0.15) is 34.7 Å². The Balaban J connectivity index is 1.76. The number of hydrogen-bond acceptors (Lipinski definition) is 6. The SMILES string of the molecule is COCCNC(=O)C1(n2cccn2)CCN(C(=O)c2c(C)noc2C)CC1. The molecule has 0 atom stereocenters. The summed E-state index contributed by atoms with van der Waals surface area (Å²) in [5.41, 5.74) is 0.275. The molecule has 3 rings (SSSR count). The second kappa shape index (κ2) is 7.91. The summed E-state index contributed by atoms with van der Waals surface area (Å²) in [7, 11) is 1.59. The van der Waals surface area contributed by atoms with E-state index in [1.54, 1.807) is 49.0 Å². The number of carbonyl (C=O) groups is 2. The van der Waals surface area contributed by atoms with Crippen molar-refractivity contribution in [3.63, 3.8) is 0 Å². The molecule has 1 saturated heterocycles. The summed E-state index contributed by atoms with van der Waals surface area (Å²) in [6.45, 7) is 5.25. The molecule has 1 fully saturated rings. The molecule has 9 nitrogen and oxygen atoms in total. The topological polar surface area (TPSA) is 102 Å². The predicted octanol–water partition coefficient (Wildman–Crippen LogP) is 0.882. The Morgan fingerprint density at radius 2 is 2.07 bits per heavy atom. The van der Waals surface area contributed by atoms with Gasteiger partial charge in [-0.05, 0) is 32.8 Å². The lowest BCUT2D eigenvalue weighted by molar-refractivity contribution is -0.133. The molecule has 0 saturated carbocycles. The minimum Gasteiger partial charge on any atom is -0.383 e. The Morgan fingerprint density at radius 1 is 1.33 bits per heavy atom. The number of nitrogens with one attached hydrogen (secondary N) is 1. The number of amides is 2. The van der Waals surface area contributed by atoms with Crippen LogP contribution in [0, 0.1) is 13.8 Å². The van der Waals surface area contributed by atoms with Gasteiger partial charge in [0, 0.05) is 39.1 Å². The van der Waals surface area contributed by atoms with Crippen molar-refractivity contribution < 1.29 is 18.8 Å². The van der Waals surface area contributed by atoms with Crippen molar-refractivity contribution in [1.82, 2.24) is 25.2 Å². The van der Waals surface area contributed by atoms with Crippen LogP contribution in [0.15, 0.2) is 23.0 Å². The minimum absolute atomic E-state index is 0.104. The van der Waals surface area contributed by atoms with Gasteiger partial charge < -0.3 is 19.5 Å². The average Bonchev–Trinajstić information content (AvgIpc) is 3.32. The molecule has 0 aromatic carbocycles. The maximum atomic E-state index is 13.0. The summed E-state index contributed by atoms with van der Waals surface area (Å²) in [5, 5.41) is 11.1. The van der Waals surface area contributed by atoms with Crippen molar-refractivity contribution in [2.75, 3.05) is 33.4 Å². The third-order valence-corrected chi connectivity index (χ3v) is 5.08. The number of piperidine rings is 1. The van der Waals surface area contributed by atoms with E-state index in [-0.39, 0.29) is 11.8 Å². The van der Waals surface area contributed by atoms with Crippen molar-refractivity contribution >= 4 is 11.8 Å². The van der Waals surface area contributed by atoms with E-state index in [1.807, 2.05) is 0 Å². The number of hydrogen-bond donors (Lipinski definition) is 1. The Kier molecular flexibility index (Phi) is 5.59. The maximum Gasteiger partial charge on any atom is 0.259 e. The molecule has 1 N–H and O–H groups in total. The van der Waals surface area contributed by atoms with E-state index in [9.17, 15) is 9.59 Å². The van der Waals surface area contributed by atoms with Gasteiger partial charge >= 0.3 is 0 Å². The van der Waals surface area contributed by atoms with E-state index in [1.165, 1.54) is 0 Å². The Morgan fingerprint density at radius 3 is 2.63 bits per heavy atom. The van der Waals surface area contributed by atoms with Gasteiger partial charge in [0.1, 0.15) is 16.9 Å². The lowest BCUT2D eigenvalue weighted by atomic mass is 9.86. The van der Waals surface area contributed by atoms with Gasteiger partial charge in [0.05, 0.1) is 12.3 Å². The highest BCUT2D eigenvalue weighted by Crippen LogP contribution is 2.31. The molecule has 1 aliphatic rings. The second-order valence-electron chi connectivity index (χ2n) is 6.72. The highest BCUT2D eigenvalue weighted by molar-refractivity contribution is 5.96. The molecule has 0 unspecified atom stereocenters. The quantitative estimate of drug-likeness (QED) is 0.752. The first-order valence-corrected chi connectivity index (χ1v) is 8.99. The first-order chi connectivity index (χ1) is 13.0. The predicted molar refractivity (Wildman–Crippen MR) is 96.2 cm³/mol. The molecule has 2 aromatic rings. The van der Waals surface area contributed by atoms with Gasteiger partial charge in [0.2, 0.25) is 5.91 Å². The van der Waals surface area contributed by atoms with Crippen LogP contribution in [0.5, 0.6) is 0 Å². The fourth-order valence-electron chi connectivity index (χ4n) is 3.54. The standard InChI is InChI=1S/C18H25N5O4/c1-13-15(14(2)27-21-13)16(24)22-10-5-18(6-11-22,23-9-4-7-20-23)17(25)19-8-12-26-3/h4,7,9H,5-6,8,10-12H2,1-3H3,(H,19,25). The van der Waals surface area contributed by atoms with Crippen LogP contribution in [0.25, 0.3) is 0 Å². The minimum atomic E-state index is -0.813. The van der Waals surface area contributed by atoms with Gasteiger partial charge in [-0.15, -0.1) is 0 Å².